The highest BCUT2D eigenvalue weighted by Gasteiger charge is 2.25. The Morgan fingerprint density at radius 1 is 1.00 bits per heavy atom. The zero-order chi connectivity index (χ0) is 13.1. The van der Waals surface area contributed by atoms with Gasteiger partial charge in [0.1, 0.15) is 0 Å². The van der Waals surface area contributed by atoms with Gasteiger partial charge in [-0.15, -0.1) is 0 Å². The van der Waals surface area contributed by atoms with Crippen LogP contribution in [0, 0.1) is 0 Å². The number of hydrogen-bond donors (Lipinski definition) is 0. The molecule has 2 heteroatoms. The van der Waals surface area contributed by atoms with E-state index >= 15 is 0 Å². The number of rotatable bonds is 2. The SMILES string of the molecule is Brc1ccc(C=C2CCCCN2C2CCCC2)cc1. The van der Waals surface area contributed by atoms with E-state index in [0.717, 1.165) is 10.5 Å². The standard InChI is InChI=1S/C17H22BrN/c18-15-10-8-14(9-11-15)13-17-7-3-4-12-19(17)16-5-1-2-6-16/h8-11,13,16H,1-7,12H2. The minimum absolute atomic E-state index is 0.821. The quantitative estimate of drug-likeness (QED) is 0.722. The fraction of sp³-hybridized carbons (Fsp3) is 0.529. The van der Waals surface area contributed by atoms with Crippen molar-refractivity contribution in [1.29, 1.82) is 0 Å². The number of benzene rings is 1. The van der Waals surface area contributed by atoms with Crippen LogP contribution < -0.4 is 0 Å². The molecule has 0 bridgehead atoms. The minimum atomic E-state index is 0.821. The van der Waals surface area contributed by atoms with Gasteiger partial charge in [-0.3, -0.25) is 0 Å². The molecule has 0 unspecified atom stereocenters. The lowest BCUT2D eigenvalue weighted by atomic mass is 10.0. The van der Waals surface area contributed by atoms with Crippen LogP contribution in [-0.2, 0) is 0 Å². The van der Waals surface area contributed by atoms with Gasteiger partial charge in [-0.1, -0.05) is 40.9 Å². The molecule has 1 aliphatic carbocycles. The van der Waals surface area contributed by atoms with Crippen LogP contribution in [0.15, 0.2) is 34.4 Å². The van der Waals surface area contributed by atoms with Gasteiger partial charge >= 0.3 is 0 Å². The first-order valence-electron chi connectivity index (χ1n) is 7.56. The third-order valence-electron chi connectivity index (χ3n) is 4.42. The van der Waals surface area contributed by atoms with Crippen molar-refractivity contribution in [3.63, 3.8) is 0 Å². The van der Waals surface area contributed by atoms with Gasteiger partial charge in [0.05, 0.1) is 0 Å². The fourth-order valence-electron chi connectivity index (χ4n) is 3.41. The largest absolute Gasteiger partial charge is 0.372 e. The second kappa shape index (κ2) is 6.13. The van der Waals surface area contributed by atoms with Crippen molar-refractivity contribution < 1.29 is 0 Å². The first kappa shape index (κ1) is 13.2. The predicted molar refractivity (Wildman–Crippen MR) is 84.9 cm³/mol. The lowest BCUT2D eigenvalue weighted by Gasteiger charge is -2.37. The van der Waals surface area contributed by atoms with Gasteiger partial charge in [0.25, 0.3) is 0 Å². The second-order valence-electron chi connectivity index (χ2n) is 5.78. The molecule has 102 valence electrons. The van der Waals surface area contributed by atoms with Gasteiger partial charge < -0.3 is 4.90 Å². The smallest absolute Gasteiger partial charge is 0.0286 e. The number of allylic oxidation sites excluding steroid dienone is 1. The third kappa shape index (κ3) is 3.22. The topological polar surface area (TPSA) is 3.24 Å². The molecule has 1 saturated heterocycles. The maximum absolute atomic E-state index is 3.51. The van der Waals surface area contributed by atoms with Gasteiger partial charge in [-0.25, -0.2) is 0 Å². The molecule has 3 rings (SSSR count). The Morgan fingerprint density at radius 2 is 1.74 bits per heavy atom. The van der Waals surface area contributed by atoms with E-state index in [-0.39, 0.29) is 0 Å². The molecule has 19 heavy (non-hydrogen) atoms. The summed E-state index contributed by atoms with van der Waals surface area (Å²) in [5.74, 6) is 0. The van der Waals surface area contributed by atoms with Crippen molar-refractivity contribution in [3.8, 4) is 0 Å². The highest BCUT2D eigenvalue weighted by Crippen LogP contribution is 2.32. The maximum atomic E-state index is 3.51. The fourth-order valence-corrected chi connectivity index (χ4v) is 3.68. The van der Waals surface area contributed by atoms with Crippen LogP contribution in [0.1, 0.15) is 50.5 Å². The van der Waals surface area contributed by atoms with Crippen LogP contribution in [0.3, 0.4) is 0 Å². The van der Waals surface area contributed by atoms with Crippen molar-refractivity contribution in [2.75, 3.05) is 6.54 Å². The summed E-state index contributed by atoms with van der Waals surface area (Å²) in [4.78, 5) is 2.71. The molecule has 1 aliphatic heterocycles. The van der Waals surface area contributed by atoms with E-state index in [4.69, 9.17) is 0 Å². The van der Waals surface area contributed by atoms with Crippen molar-refractivity contribution >= 4 is 22.0 Å². The van der Waals surface area contributed by atoms with Crippen LogP contribution in [0.2, 0.25) is 0 Å². The molecule has 0 N–H and O–H groups in total. The Kier molecular flexibility index (Phi) is 4.27. The molecule has 0 atom stereocenters. The number of halogens is 1. The zero-order valence-electron chi connectivity index (χ0n) is 11.4. The van der Waals surface area contributed by atoms with Crippen LogP contribution in [-0.4, -0.2) is 17.5 Å². The summed E-state index contributed by atoms with van der Waals surface area (Å²) >= 11 is 3.51. The number of nitrogens with zero attached hydrogens (tertiary/aromatic N) is 1. The van der Waals surface area contributed by atoms with Crippen LogP contribution >= 0.6 is 15.9 Å². The monoisotopic (exact) mass is 319 g/mol. The van der Waals surface area contributed by atoms with Crippen LogP contribution in [0.4, 0.5) is 0 Å². The first-order chi connectivity index (χ1) is 9.33. The van der Waals surface area contributed by atoms with Crippen LogP contribution in [0.5, 0.6) is 0 Å². The highest BCUT2D eigenvalue weighted by atomic mass is 79.9. The maximum Gasteiger partial charge on any atom is 0.0286 e. The molecule has 1 saturated carbocycles. The van der Waals surface area contributed by atoms with Gasteiger partial charge in [-0.05, 0) is 55.9 Å². The van der Waals surface area contributed by atoms with Gasteiger partial charge in [-0.2, -0.15) is 0 Å². The Morgan fingerprint density at radius 3 is 2.47 bits per heavy atom. The molecule has 0 radical (unpaired) electrons. The van der Waals surface area contributed by atoms with E-state index in [2.05, 4.69) is 51.2 Å². The predicted octanol–water partition coefficient (Wildman–Crippen LogP) is 5.22. The Bertz CT molecular complexity index is 443. The van der Waals surface area contributed by atoms with Gasteiger partial charge in [0.2, 0.25) is 0 Å². The molecule has 1 aromatic carbocycles. The Labute approximate surface area is 124 Å². The molecule has 1 heterocycles. The average molecular weight is 320 g/mol. The number of piperidine rings is 1. The summed E-state index contributed by atoms with van der Waals surface area (Å²) in [6.07, 6.45) is 12.0. The summed E-state index contributed by atoms with van der Waals surface area (Å²) in [6.45, 7) is 1.27. The van der Waals surface area contributed by atoms with Crippen molar-refractivity contribution in [1.82, 2.24) is 4.90 Å². The third-order valence-corrected chi connectivity index (χ3v) is 4.95. The van der Waals surface area contributed by atoms with Crippen molar-refractivity contribution in [3.05, 3.63) is 40.0 Å². The Hall–Kier alpha value is -0.760. The minimum Gasteiger partial charge on any atom is -0.372 e. The number of likely N-dealkylation sites (tertiary alicyclic amines) is 1. The van der Waals surface area contributed by atoms with Crippen molar-refractivity contribution in [2.24, 2.45) is 0 Å². The van der Waals surface area contributed by atoms with E-state index in [1.165, 1.54) is 57.1 Å². The molecule has 2 aliphatic rings. The van der Waals surface area contributed by atoms with E-state index in [9.17, 15) is 0 Å². The normalized spacial score (nSPS) is 23.2. The summed E-state index contributed by atoms with van der Waals surface area (Å²) in [6, 6.07) is 9.50. The average Bonchev–Trinajstić information content (AvgIpc) is 2.96. The lowest BCUT2D eigenvalue weighted by Crippen LogP contribution is -2.35. The molecular weight excluding hydrogens is 298 g/mol. The van der Waals surface area contributed by atoms with Crippen molar-refractivity contribution in [2.45, 2.75) is 51.0 Å². The molecular formula is C17H22BrN. The Balaban J connectivity index is 1.80. The summed E-state index contributed by atoms with van der Waals surface area (Å²) in [7, 11) is 0. The van der Waals surface area contributed by atoms with Crippen LogP contribution in [0.25, 0.3) is 6.08 Å². The molecule has 1 aromatic rings. The molecule has 1 nitrogen and oxygen atoms in total. The zero-order valence-corrected chi connectivity index (χ0v) is 13.0. The van der Waals surface area contributed by atoms with E-state index < -0.39 is 0 Å². The summed E-state index contributed by atoms with van der Waals surface area (Å²) in [5, 5.41) is 0. The van der Waals surface area contributed by atoms with E-state index in [1.807, 2.05) is 0 Å². The first-order valence-corrected chi connectivity index (χ1v) is 8.35. The summed E-state index contributed by atoms with van der Waals surface area (Å²) < 4.78 is 1.16. The number of hydrogen-bond acceptors (Lipinski definition) is 1. The van der Waals surface area contributed by atoms with E-state index in [0.29, 0.717) is 0 Å². The second-order valence-corrected chi connectivity index (χ2v) is 6.69. The molecule has 2 fully saturated rings. The lowest BCUT2D eigenvalue weighted by molar-refractivity contribution is 0.220. The molecule has 0 aromatic heterocycles. The molecule has 0 amide bonds. The highest BCUT2D eigenvalue weighted by molar-refractivity contribution is 9.10. The van der Waals surface area contributed by atoms with E-state index in [1.54, 1.807) is 5.70 Å². The molecule has 0 spiro atoms. The summed E-state index contributed by atoms with van der Waals surface area (Å²) in [5.41, 5.74) is 2.91. The van der Waals surface area contributed by atoms with Gasteiger partial charge in [0.15, 0.2) is 0 Å². The van der Waals surface area contributed by atoms with Gasteiger partial charge in [0, 0.05) is 22.8 Å².